The van der Waals surface area contributed by atoms with Gasteiger partial charge in [0.15, 0.2) is 11.0 Å². The van der Waals surface area contributed by atoms with Crippen molar-refractivity contribution in [2.24, 2.45) is 4.99 Å². The normalized spacial score (nSPS) is 13.6. The number of aryl methyl sites for hydroxylation is 4. The molecule has 5 aromatic rings. The summed E-state index contributed by atoms with van der Waals surface area (Å²) in [5.74, 6) is 1.25. The van der Waals surface area contributed by atoms with Gasteiger partial charge in [0.2, 0.25) is 5.91 Å². The van der Waals surface area contributed by atoms with Crippen molar-refractivity contribution >= 4 is 62.6 Å². The molecule has 272 valence electrons. The lowest BCUT2D eigenvalue weighted by molar-refractivity contribution is -0.121. The van der Waals surface area contributed by atoms with Crippen LogP contribution in [0.25, 0.3) is 5.00 Å². The van der Waals surface area contributed by atoms with Gasteiger partial charge in [0.05, 0.1) is 17.8 Å². The first-order chi connectivity index (χ1) is 25.0. The fourth-order valence-electron chi connectivity index (χ4n) is 6.38. The van der Waals surface area contributed by atoms with Gasteiger partial charge in [0.25, 0.3) is 5.91 Å². The maximum atomic E-state index is 13.3. The molecule has 1 aliphatic rings. The lowest BCUT2D eigenvalue weighted by Crippen LogP contribution is -2.26. The number of aliphatic imine (C=N–C) groups is 1. The van der Waals surface area contributed by atoms with E-state index in [2.05, 4.69) is 49.5 Å². The first-order valence-electron chi connectivity index (χ1n) is 17.7. The van der Waals surface area contributed by atoms with Crippen LogP contribution in [0.5, 0.6) is 0 Å². The molecule has 4 heterocycles. The van der Waals surface area contributed by atoms with Crippen LogP contribution in [-0.4, -0.2) is 50.4 Å². The number of nitrogens with zero attached hydrogens (tertiary/aromatic N) is 5. The number of carbonyl (C=O) groups is 2. The van der Waals surface area contributed by atoms with Crippen LogP contribution in [-0.2, 0) is 4.79 Å². The fourth-order valence-corrected chi connectivity index (χ4v) is 8.52. The van der Waals surface area contributed by atoms with E-state index in [9.17, 15) is 9.59 Å². The molecule has 0 aliphatic carbocycles. The van der Waals surface area contributed by atoms with Crippen molar-refractivity contribution in [2.75, 3.05) is 23.7 Å². The predicted molar refractivity (Wildman–Crippen MR) is 213 cm³/mol. The first kappa shape index (κ1) is 37.4. The van der Waals surface area contributed by atoms with Crippen molar-refractivity contribution in [3.63, 3.8) is 0 Å². The minimum atomic E-state index is -0.482. The molecule has 0 fully saturated rings. The van der Waals surface area contributed by atoms with E-state index in [4.69, 9.17) is 16.6 Å². The van der Waals surface area contributed by atoms with Gasteiger partial charge in [-0.25, -0.2) is 4.98 Å². The number of aromatic nitrogens is 4. The van der Waals surface area contributed by atoms with E-state index in [0.717, 1.165) is 93.7 Å². The van der Waals surface area contributed by atoms with Gasteiger partial charge >= 0.3 is 0 Å². The Morgan fingerprint density at radius 3 is 2.31 bits per heavy atom. The molecule has 52 heavy (non-hydrogen) atoms. The van der Waals surface area contributed by atoms with E-state index in [1.165, 1.54) is 16.2 Å². The van der Waals surface area contributed by atoms with E-state index in [1.54, 1.807) is 11.3 Å². The Morgan fingerprint density at radius 1 is 0.846 bits per heavy atom. The summed E-state index contributed by atoms with van der Waals surface area (Å²) in [5, 5.41) is 20.8. The largest absolute Gasteiger partial charge is 0.385 e. The Bertz CT molecular complexity index is 2090. The molecular weight excluding hydrogens is 712 g/mol. The van der Waals surface area contributed by atoms with Crippen LogP contribution >= 0.6 is 34.3 Å². The van der Waals surface area contributed by atoms with Crippen LogP contribution in [0.15, 0.2) is 47.5 Å². The molecule has 0 bridgehead atoms. The van der Waals surface area contributed by atoms with E-state index in [-0.39, 0.29) is 18.2 Å². The molecule has 10 nitrogen and oxygen atoms in total. The molecule has 1 atom stereocenters. The molecule has 1 aliphatic heterocycles. The summed E-state index contributed by atoms with van der Waals surface area (Å²) >= 11 is 9.42. The lowest BCUT2D eigenvalue weighted by atomic mass is 9.99. The summed E-state index contributed by atoms with van der Waals surface area (Å²) in [4.78, 5) is 38.1. The molecule has 0 radical (unpaired) electrons. The number of nitrogens with one attached hydrogen (secondary N) is 3. The van der Waals surface area contributed by atoms with Crippen molar-refractivity contribution in [2.45, 2.75) is 86.1 Å². The highest BCUT2D eigenvalue weighted by Crippen LogP contribution is 2.39. The number of halogens is 1. The second-order valence-corrected chi connectivity index (χ2v) is 16.1. The third kappa shape index (κ3) is 8.29. The monoisotopic (exact) mass is 756 g/mol. The molecule has 3 aromatic heterocycles. The molecule has 0 unspecified atom stereocenters. The molecule has 6 rings (SSSR count). The Balaban J connectivity index is 0.968. The van der Waals surface area contributed by atoms with Crippen LogP contribution < -0.4 is 16.0 Å². The van der Waals surface area contributed by atoms with Crippen LogP contribution in [0.2, 0.25) is 5.02 Å². The van der Waals surface area contributed by atoms with Crippen molar-refractivity contribution in [1.82, 2.24) is 25.1 Å². The van der Waals surface area contributed by atoms with Gasteiger partial charge in [0, 0.05) is 50.2 Å². The summed E-state index contributed by atoms with van der Waals surface area (Å²) in [6, 6.07) is 13.0. The Labute approximate surface area is 318 Å². The summed E-state index contributed by atoms with van der Waals surface area (Å²) in [7, 11) is 0. The maximum absolute atomic E-state index is 13.3. The van der Waals surface area contributed by atoms with Gasteiger partial charge in [-0.2, -0.15) is 0 Å². The summed E-state index contributed by atoms with van der Waals surface area (Å²) < 4.78 is 2.07. The summed E-state index contributed by atoms with van der Waals surface area (Å²) in [6.07, 6.45) is 5.28. The van der Waals surface area contributed by atoms with E-state index in [1.807, 2.05) is 70.2 Å². The molecule has 2 aromatic carbocycles. The number of carbonyl (C=O) groups excluding carboxylic acids is 2. The average molecular weight is 757 g/mol. The third-order valence-electron chi connectivity index (χ3n) is 9.55. The zero-order valence-electron chi connectivity index (χ0n) is 30.5. The molecule has 0 saturated heterocycles. The quantitative estimate of drug-likeness (QED) is 0.0972. The number of rotatable bonds is 14. The zero-order valence-corrected chi connectivity index (χ0v) is 32.9. The highest BCUT2D eigenvalue weighted by molar-refractivity contribution is 7.16. The first-order valence-corrected chi connectivity index (χ1v) is 19.7. The predicted octanol–water partition coefficient (Wildman–Crippen LogP) is 9.00. The number of fused-ring (bicyclic) bond motifs is 3. The van der Waals surface area contributed by atoms with Crippen LogP contribution in [0, 0.1) is 41.5 Å². The van der Waals surface area contributed by atoms with Gasteiger partial charge in [0.1, 0.15) is 16.9 Å². The van der Waals surface area contributed by atoms with E-state index >= 15 is 0 Å². The summed E-state index contributed by atoms with van der Waals surface area (Å²) in [6.45, 7) is 13.5. The van der Waals surface area contributed by atoms with E-state index < -0.39 is 6.04 Å². The lowest BCUT2D eigenvalue weighted by Gasteiger charge is -2.13. The van der Waals surface area contributed by atoms with Gasteiger partial charge in [-0.15, -0.1) is 32.9 Å². The van der Waals surface area contributed by atoms with Crippen molar-refractivity contribution in [3.05, 3.63) is 102 Å². The molecule has 13 heteroatoms. The van der Waals surface area contributed by atoms with E-state index in [0.29, 0.717) is 28.1 Å². The van der Waals surface area contributed by atoms with Crippen molar-refractivity contribution in [3.8, 4) is 5.00 Å². The fraction of sp³-hybridized carbons (Fsp3) is 0.385. The third-order valence-corrected chi connectivity index (χ3v) is 12.0. The summed E-state index contributed by atoms with van der Waals surface area (Å²) in [5.41, 5.74) is 7.48. The smallest absolute Gasteiger partial charge is 0.257 e. The standard InChI is InChI=1S/C39H45ClN8O2S2/c1-22-25(4)51-38-34(22)35(28-15-17-29(40)18-16-28)44-32(36-47-46-27(6)48(36)38)21-33(49)42-20-11-9-7-8-10-19-41-31-14-12-13-30(23(31)2)37(50)45-39-43-24(3)26(5)52-39/h12-18,32,41H,7-11,19-21H2,1-6H3,(H,42,49)(H,43,45,50)/t32-/m0/s1. The maximum Gasteiger partial charge on any atom is 0.257 e. The number of thiazole rings is 1. The van der Waals surface area contributed by atoms with Gasteiger partial charge in [-0.1, -0.05) is 49.1 Å². The molecule has 0 saturated carbocycles. The van der Waals surface area contributed by atoms with Crippen molar-refractivity contribution < 1.29 is 9.59 Å². The van der Waals surface area contributed by atoms with Gasteiger partial charge < -0.3 is 10.6 Å². The second kappa shape index (κ2) is 16.5. The minimum absolute atomic E-state index is 0.0538. The number of benzene rings is 2. The molecule has 0 spiro atoms. The van der Waals surface area contributed by atoms with Crippen LogP contribution in [0.4, 0.5) is 10.8 Å². The number of unbranched alkanes of at least 4 members (excludes halogenated alkanes) is 4. The molecule has 3 N–H and O–H groups in total. The van der Waals surface area contributed by atoms with Crippen molar-refractivity contribution in [1.29, 1.82) is 0 Å². The SMILES string of the molecule is Cc1nc(NC(=O)c2cccc(NCCCCCCCNC(=O)C[C@@H]3N=C(c4ccc(Cl)cc4)c4c(sc(C)c4C)-n4c(C)nnc43)c2C)sc1C. The number of hydrogen-bond acceptors (Lipinski definition) is 9. The Hall–Kier alpha value is -4.39. The number of hydrogen-bond donors (Lipinski definition) is 3. The highest BCUT2D eigenvalue weighted by Gasteiger charge is 2.32. The number of anilines is 2. The molecular formula is C39H45ClN8O2S2. The van der Waals surface area contributed by atoms with Gasteiger partial charge in [-0.3, -0.25) is 24.5 Å². The van der Waals surface area contributed by atoms with Gasteiger partial charge in [-0.05, 0) is 89.8 Å². The second-order valence-electron chi connectivity index (χ2n) is 13.2. The highest BCUT2D eigenvalue weighted by atomic mass is 35.5. The van der Waals surface area contributed by atoms with Crippen LogP contribution in [0.3, 0.4) is 0 Å². The Morgan fingerprint density at radius 2 is 1.58 bits per heavy atom. The molecule has 2 amide bonds. The zero-order chi connectivity index (χ0) is 36.9. The topological polar surface area (TPSA) is 126 Å². The van der Waals surface area contributed by atoms with Crippen LogP contribution in [0.1, 0.15) is 104 Å². The minimum Gasteiger partial charge on any atom is -0.385 e. The average Bonchev–Trinajstić information content (AvgIpc) is 3.72. The Kier molecular flexibility index (Phi) is 11.9. The number of amides is 2. The number of thiophene rings is 1.